The number of benzene rings is 1. The first kappa shape index (κ1) is 19.8. The molecule has 6 nitrogen and oxygen atoms in total. The van der Waals surface area contributed by atoms with E-state index in [-0.39, 0.29) is 22.8 Å². The normalized spacial score (nSPS) is 18.6. The van der Waals surface area contributed by atoms with Gasteiger partial charge in [0.1, 0.15) is 5.69 Å². The number of likely N-dealkylation sites (tertiary alicyclic amines) is 1. The summed E-state index contributed by atoms with van der Waals surface area (Å²) in [6, 6.07) is 7.40. The van der Waals surface area contributed by atoms with E-state index in [4.69, 9.17) is 11.6 Å². The lowest BCUT2D eigenvalue weighted by molar-refractivity contribution is -0.137. The molecule has 1 aromatic heterocycles. The maximum Gasteiger partial charge on any atom is 0.358 e. The first-order valence-corrected chi connectivity index (χ1v) is 8.69. The third kappa shape index (κ3) is 3.70. The van der Waals surface area contributed by atoms with E-state index in [0.717, 1.165) is 6.07 Å². The molecular formula is C20H16ClFN2O4. The lowest BCUT2D eigenvalue weighted by atomic mass is 10.0. The number of ether oxygens (including phenoxy) is 1. The Morgan fingerprint density at radius 2 is 2.18 bits per heavy atom. The molecule has 28 heavy (non-hydrogen) atoms. The molecule has 1 saturated heterocycles. The number of nitrogens with zero attached hydrogens (tertiary/aromatic N) is 2. The highest BCUT2D eigenvalue weighted by molar-refractivity contribution is 6.33. The van der Waals surface area contributed by atoms with Crippen LogP contribution in [0.4, 0.5) is 4.39 Å². The number of hydrogen-bond donors (Lipinski definition) is 1. The molecule has 2 aromatic rings. The van der Waals surface area contributed by atoms with Crippen LogP contribution in [0.15, 0.2) is 30.3 Å². The van der Waals surface area contributed by atoms with Gasteiger partial charge in [-0.25, -0.2) is 14.2 Å². The summed E-state index contributed by atoms with van der Waals surface area (Å²) in [7, 11) is 2.77. The van der Waals surface area contributed by atoms with Crippen LogP contribution in [0.25, 0.3) is 11.3 Å². The van der Waals surface area contributed by atoms with Crippen molar-refractivity contribution in [3.05, 3.63) is 52.4 Å². The van der Waals surface area contributed by atoms with Crippen molar-refractivity contribution in [1.29, 1.82) is 0 Å². The lowest BCUT2D eigenvalue weighted by Gasteiger charge is -2.13. The summed E-state index contributed by atoms with van der Waals surface area (Å²) in [6.07, 6.45) is 0.213. The van der Waals surface area contributed by atoms with Gasteiger partial charge in [-0.15, -0.1) is 0 Å². The number of methoxy groups -OCH3 is 1. The highest BCUT2D eigenvalue weighted by Gasteiger charge is 2.42. The quantitative estimate of drug-likeness (QED) is 0.615. The second-order valence-corrected chi connectivity index (χ2v) is 6.72. The summed E-state index contributed by atoms with van der Waals surface area (Å²) >= 11 is 5.87. The number of hydrogen-bond acceptors (Lipinski definition) is 5. The smallest absolute Gasteiger partial charge is 0.358 e. The Bertz CT molecular complexity index is 1030. The Balaban J connectivity index is 1.99. The van der Waals surface area contributed by atoms with E-state index in [1.807, 2.05) is 0 Å². The van der Waals surface area contributed by atoms with Crippen LogP contribution in [0.3, 0.4) is 0 Å². The number of esters is 1. The molecule has 0 radical (unpaired) electrons. The van der Waals surface area contributed by atoms with E-state index in [2.05, 4.69) is 21.6 Å². The van der Waals surface area contributed by atoms with Crippen molar-refractivity contribution < 1.29 is 23.8 Å². The third-order valence-electron chi connectivity index (χ3n) is 4.37. The van der Waals surface area contributed by atoms with Gasteiger partial charge in [0.2, 0.25) is 5.60 Å². The number of aliphatic hydroxyl groups is 1. The van der Waals surface area contributed by atoms with Crippen LogP contribution in [-0.4, -0.2) is 53.2 Å². The average Bonchev–Trinajstić information content (AvgIpc) is 2.94. The fraction of sp³-hybridized carbons (Fsp3) is 0.250. The molecule has 1 fully saturated rings. The highest BCUT2D eigenvalue weighted by atomic mass is 35.5. The Morgan fingerprint density at radius 3 is 2.82 bits per heavy atom. The van der Waals surface area contributed by atoms with Gasteiger partial charge in [-0.1, -0.05) is 35.6 Å². The molecule has 8 heteroatoms. The lowest BCUT2D eigenvalue weighted by Crippen LogP contribution is -2.37. The predicted molar refractivity (Wildman–Crippen MR) is 100 cm³/mol. The number of halogens is 2. The summed E-state index contributed by atoms with van der Waals surface area (Å²) in [5.41, 5.74) is -1.22. The van der Waals surface area contributed by atoms with Crippen LogP contribution >= 0.6 is 11.6 Å². The fourth-order valence-corrected chi connectivity index (χ4v) is 3.01. The Hall–Kier alpha value is -2.95. The van der Waals surface area contributed by atoms with E-state index in [0.29, 0.717) is 17.7 Å². The molecule has 1 aliphatic rings. The molecule has 1 atom stereocenters. The first-order valence-electron chi connectivity index (χ1n) is 8.31. The molecule has 1 N–H and O–H groups in total. The highest BCUT2D eigenvalue weighted by Crippen LogP contribution is 2.27. The van der Waals surface area contributed by atoms with Crippen molar-refractivity contribution in [2.24, 2.45) is 0 Å². The first-order chi connectivity index (χ1) is 13.2. The Kier molecular flexibility index (Phi) is 5.36. The fourth-order valence-electron chi connectivity index (χ4n) is 2.80. The van der Waals surface area contributed by atoms with Crippen molar-refractivity contribution in [1.82, 2.24) is 9.88 Å². The third-order valence-corrected chi connectivity index (χ3v) is 4.66. The molecule has 1 aliphatic heterocycles. The number of likely N-dealkylation sites (N-methyl/N-ethyl adjacent to an activating group) is 1. The molecular weight excluding hydrogens is 387 g/mol. The molecule has 0 unspecified atom stereocenters. The molecule has 1 amide bonds. The molecule has 1 aromatic carbocycles. The van der Waals surface area contributed by atoms with Gasteiger partial charge in [0, 0.05) is 31.1 Å². The van der Waals surface area contributed by atoms with Crippen LogP contribution in [0, 0.1) is 17.7 Å². The molecule has 144 valence electrons. The van der Waals surface area contributed by atoms with Gasteiger partial charge in [0.25, 0.3) is 5.91 Å². The van der Waals surface area contributed by atoms with Gasteiger partial charge in [-0.05, 0) is 18.2 Å². The topological polar surface area (TPSA) is 79.7 Å². The molecule has 0 aliphatic carbocycles. The van der Waals surface area contributed by atoms with Crippen molar-refractivity contribution in [3.8, 4) is 23.1 Å². The summed E-state index contributed by atoms with van der Waals surface area (Å²) in [5, 5.41) is 10.2. The van der Waals surface area contributed by atoms with Gasteiger partial charge in [0.05, 0.1) is 12.1 Å². The Morgan fingerprint density at radius 1 is 1.43 bits per heavy atom. The second-order valence-electron chi connectivity index (χ2n) is 6.31. The van der Waals surface area contributed by atoms with Crippen molar-refractivity contribution >= 4 is 23.5 Å². The summed E-state index contributed by atoms with van der Waals surface area (Å²) in [6.45, 7) is 0.417. The van der Waals surface area contributed by atoms with Crippen molar-refractivity contribution in [2.75, 3.05) is 20.7 Å². The number of pyridine rings is 1. The number of carbonyl (C=O) groups excluding carboxylic acids is 2. The van der Waals surface area contributed by atoms with Crippen LogP contribution < -0.4 is 0 Å². The largest absolute Gasteiger partial charge is 0.464 e. The van der Waals surface area contributed by atoms with Gasteiger partial charge in [-0.2, -0.15) is 0 Å². The average molecular weight is 403 g/mol. The molecule has 0 spiro atoms. The molecule has 2 heterocycles. The van der Waals surface area contributed by atoms with Crippen molar-refractivity contribution in [2.45, 2.75) is 12.0 Å². The van der Waals surface area contributed by atoms with E-state index in [1.54, 1.807) is 31.3 Å². The van der Waals surface area contributed by atoms with E-state index in [1.165, 1.54) is 12.0 Å². The number of rotatable bonds is 2. The van der Waals surface area contributed by atoms with Crippen LogP contribution in [-0.2, 0) is 9.53 Å². The minimum atomic E-state index is -1.73. The maximum absolute atomic E-state index is 14.4. The monoisotopic (exact) mass is 402 g/mol. The zero-order chi connectivity index (χ0) is 20.5. The van der Waals surface area contributed by atoms with Crippen molar-refractivity contribution in [3.63, 3.8) is 0 Å². The zero-order valence-electron chi connectivity index (χ0n) is 15.1. The Labute approximate surface area is 165 Å². The number of aromatic nitrogens is 1. The maximum atomic E-state index is 14.4. The van der Waals surface area contributed by atoms with Gasteiger partial charge in [0.15, 0.2) is 11.5 Å². The van der Waals surface area contributed by atoms with Crippen LogP contribution in [0.5, 0.6) is 0 Å². The summed E-state index contributed by atoms with van der Waals surface area (Å²) in [5.74, 6) is 3.40. The van der Waals surface area contributed by atoms with Gasteiger partial charge < -0.3 is 14.7 Å². The van der Waals surface area contributed by atoms with Gasteiger partial charge in [-0.3, -0.25) is 4.79 Å². The molecule has 3 rings (SSSR count). The number of amides is 1. The standard InChI is InChI=1S/C20H16ClFN2O4/c1-24-9-8-20(27,19(24)26)7-6-12-4-3-5-13(10-12)16-15(22)11-14(21)17(23-16)18(25)28-2/h3-5,10-11,27H,8-9H2,1-2H3/t20-/m0/s1. The van der Waals surface area contributed by atoms with Gasteiger partial charge >= 0.3 is 5.97 Å². The summed E-state index contributed by atoms with van der Waals surface area (Å²) in [4.78, 5) is 29.2. The molecule has 0 saturated carbocycles. The number of carbonyl (C=O) groups is 2. The second kappa shape index (κ2) is 7.58. The predicted octanol–water partition coefficient (Wildman–Crippen LogP) is 2.27. The van der Waals surface area contributed by atoms with Crippen LogP contribution in [0.1, 0.15) is 22.5 Å². The van der Waals surface area contributed by atoms with E-state index in [9.17, 15) is 19.1 Å². The van der Waals surface area contributed by atoms with E-state index < -0.39 is 23.3 Å². The minimum Gasteiger partial charge on any atom is -0.464 e. The van der Waals surface area contributed by atoms with Crippen LogP contribution in [0.2, 0.25) is 5.02 Å². The summed E-state index contributed by atoms with van der Waals surface area (Å²) < 4.78 is 19.0. The minimum absolute atomic E-state index is 0.0937. The van der Waals surface area contributed by atoms with E-state index >= 15 is 0 Å². The molecule has 0 bridgehead atoms. The SMILES string of the molecule is COC(=O)c1nc(-c2cccc(C#C[C@]3(O)CCN(C)C3=O)c2)c(F)cc1Cl. The zero-order valence-corrected chi connectivity index (χ0v) is 15.9.